The first-order valence-electron chi connectivity index (χ1n) is 4.33. The Balaban J connectivity index is 2.26. The zero-order valence-corrected chi connectivity index (χ0v) is 8.75. The number of carboxylic acid groups (broad SMARTS) is 1. The summed E-state index contributed by atoms with van der Waals surface area (Å²) in [4.78, 5) is 22.1. The van der Waals surface area contributed by atoms with Crippen molar-refractivity contribution in [1.82, 2.24) is 5.32 Å². The second-order valence-corrected chi connectivity index (χ2v) is 3.80. The SMILES string of the molecule is O=C([O-])CNC(=O)CSc1ccccc1. The van der Waals surface area contributed by atoms with Crippen LogP contribution in [0.4, 0.5) is 0 Å². The summed E-state index contributed by atoms with van der Waals surface area (Å²) >= 11 is 1.35. The van der Waals surface area contributed by atoms with Gasteiger partial charge >= 0.3 is 0 Å². The minimum atomic E-state index is -1.28. The van der Waals surface area contributed by atoms with Gasteiger partial charge < -0.3 is 15.2 Å². The number of benzene rings is 1. The van der Waals surface area contributed by atoms with Gasteiger partial charge in [-0.3, -0.25) is 4.79 Å². The van der Waals surface area contributed by atoms with Crippen molar-refractivity contribution < 1.29 is 14.7 Å². The van der Waals surface area contributed by atoms with E-state index in [1.165, 1.54) is 11.8 Å². The highest BCUT2D eigenvalue weighted by molar-refractivity contribution is 8.00. The standard InChI is InChI=1S/C10H11NO3S/c12-9(11-6-10(13)14)7-15-8-4-2-1-3-5-8/h1-5H,6-7H2,(H,11,12)(H,13,14)/p-1. The van der Waals surface area contributed by atoms with Crippen LogP contribution in [0.15, 0.2) is 35.2 Å². The molecule has 0 aliphatic rings. The van der Waals surface area contributed by atoms with Crippen molar-refractivity contribution in [1.29, 1.82) is 0 Å². The summed E-state index contributed by atoms with van der Waals surface area (Å²) < 4.78 is 0. The van der Waals surface area contributed by atoms with E-state index in [-0.39, 0.29) is 11.7 Å². The fourth-order valence-electron chi connectivity index (χ4n) is 0.887. The number of nitrogens with one attached hydrogen (secondary N) is 1. The third-order valence-electron chi connectivity index (χ3n) is 1.54. The van der Waals surface area contributed by atoms with Crippen LogP contribution in [0.3, 0.4) is 0 Å². The summed E-state index contributed by atoms with van der Waals surface area (Å²) in [5.74, 6) is -1.39. The second kappa shape index (κ2) is 6.08. The molecule has 1 rings (SSSR count). The number of hydrogen-bond acceptors (Lipinski definition) is 4. The van der Waals surface area contributed by atoms with E-state index in [1.807, 2.05) is 30.3 Å². The van der Waals surface area contributed by atoms with Crippen molar-refractivity contribution in [2.24, 2.45) is 0 Å². The number of rotatable bonds is 5. The molecule has 0 fully saturated rings. The van der Waals surface area contributed by atoms with E-state index >= 15 is 0 Å². The van der Waals surface area contributed by atoms with Crippen LogP contribution in [-0.2, 0) is 9.59 Å². The molecule has 1 amide bonds. The zero-order chi connectivity index (χ0) is 11.1. The Morgan fingerprint density at radius 1 is 1.27 bits per heavy atom. The van der Waals surface area contributed by atoms with Crippen molar-refractivity contribution in [3.8, 4) is 0 Å². The molecule has 0 aliphatic carbocycles. The smallest absolute Gasteiger partial charge is 0.230 e. The van der Waals surface area contributed by atoms with Gasteiger partial charge in [-0.25, -0.2) is 0 Å². The molecule has 0 aliphatic heterocycles. The first kappa shape index (κ1) is 11.6. The summed E-state index contributed by atoms with van der Waals surface area (Å²) in [6.45, 7) is -0.436. The summed E-state index contributed by atoms with van der Waals surface area (Å²) in [6, 6.07) is 9.41. The summed E-state index contributed by atoms with van der Waals surface area (Å²) in [5, 5.41) is 12.3. The molecule has 0 saturated carbocycles. The highest BCUT2D eigenvalue weighted by Crippen LogP contribution is 2.15. The Bertz CT molecular complexity index is 340. The molecular weight excluding hydrogens is 214 g/mol. The molecule has 0 atom stereocenters. The fourth-order valence-corrected chi connectivity index (χ4v) is 1.64. The van der Waals surface area contributed by atoms with E-state index in [2.05, 4.69) is 5.32 Å². The maximum atomic E-state index is 11.1. The molecule has 0 saturated heterocycles. The molecule has 80 valence electrons. The summed E-state index contributed by atoms with van der Waals surface area (Å²) in [7, 11) is 0. The largest absolute Gasteiger partial charge is 0.548 e. The van der Waals surface area contributed by atoms with Gasteiger partial charge in [-0.15, -0.1) is 11.8 Å². The molecule has 1 N–H and O–H groups in total. The maximum absolute atomic E-state index is 11.1. The van der Waals surface area contributed by atoms with Gasteiger partial charge in [0.2, 0.25) is 5.91 Å². The predicted molar refractivity (Wildman–Crippen MR) is 55.2 cm³/mol. The molecule has 0 bridgehead atoms. The zero-order valence-electron chi connectivity index (χ0n) is 7.93. The van der Waals surface area contributed by atoms with E-state index in [0.717, 1.165) is 4.90 Å². The van der Waals surface area contributed by atoms with Gasteiger partial charge in [-0.2, -0.15) is 0 Å². The Kier molecular flexibility index (Phi) is 4.70. The fraction of sp³-hybridized carbons (Fsp3) is 0.200. The molecule has 0 unspecified atom stereocenters. The topological polar surface area (TPSA) is 69.2 Å². The van der Waals surface area contributed by atoms with Crippen LogP contribution in [0.5, 0.6) is 0 Å². The van der Waals surface area contributed by atoms with Crippen LogP contribution in [0.2, 0.25) is 0 Å². The van der Waals surface area contributed by atoms with Gasteiger partial charge in [0.15, 0.2) is 0 Å². The Labute approximate surface area is 91.7 Å². The van der Waals surface area contributed by atoms with Crippen molar-refractivity contribution in [3.05, 3.63) is 30.3 Å². The highest BCUT2D eigenvalue weighted by Gasteiger charge is 2.01. The Morgan fingerprint density at radius 3 is 2.53 bits per heavy atom. The third-order valence-corrected chi connectivity index (χ3v) is 2.56. The Hall–Kier alpha value is -1.49. The van der Waals surface area contributed by atoms with E-state index in [0.29, 0.717) is 0 Å². The molecule has 1 aromatic rings. The maximum Gasteiger partial charge on any atom is 0.230 e. The van der Waals surface area contributed by atoms with Crippen molar-refractivity contribution in [3.63, 3.8) is 0 Å². The number of thioether (sulfide) groups is 1. The average molecular weight is 224 g/mol. The first-order valence-corrected chi connectivity index (χ1v) is 5.31. The lowest BCUT2D eigenvalue weighted by Gasteiger charge is -2.05. The minimum Gasteiger partial charge on any atom is -0.548 e. The van der Waals surface area contributed by atoms with Crippen LogP contribution in [0.1, 0.15) is 0 Å². The molecule has 4 nitrogen and oxygen atoms in total. The monoisotopic (exact) mass is 224 g/mol. The Morgan fingerprint density at radius 2 is 1.93 bits per heavy atom. The molecule has 0 heterocycles. The average Bonchev–Trinajstić information content (AvgIpc) is 2.25. The van der Waals surface area contributed by atoms with Crippen molar-refractivity contribution in [2.75, 3.05) is 12.3 Å². The lowest BCUT2D eigenvalue weighted by molar-refractivity contribution is -0.303. The molecular formula is C10H10NO3S-. The predicted octanol–water partition coefficient (Wildman–Crippen LogP) is -0.355. The molecule has 15 heavy (non-hydrogen) atoms. The number of aliphatic carboxylic acids is 1. The van der Waals surface area contributed by atoms with Crippen LogP contribution in [0.25, 0.3) is 0 Å². The quantitative estimate of drug-likeness (QED) is 0.694. The van der Waals surface area contributed by atoms with Gasteiger partial charge in [-0.1, -0.05) is 18.2 Å². The number of carbonyl (C=O) groups is 2. The third kappa shape index (κ3) is 5.07. The van der Waals surface area contributed by atoms with E-state index in [9.17, 15) is 14.7 Å². The van der Waals surface area contributed by atoms with Crippen LogP contribution < -0.4 is 10.4 Å². The number of amides is 1. The summed E-state index contributed by atoms with van der Waals surface area (Å²) in [5.41, 5.74) is 0. The lowest BCUT2D eigenvalue weighted by Crippen LogP contribution is -2.38. The number of carbonyl (C=O) groups excluding carboxylic acids is 2. The molecule has 1 aromatic carbocycles. The van der Waals surface area contributed by atoms with Crippen molar-refractivity contribution >= 4 is 23.6 Å². The van der Waals surface area contributed by atoms with E-state index < -0.39 is 12.5 Å². The molecule has 0 spiro atoms. The van der Waals surface area contributed by atoms with E-state index in [4.69, 9.17) is 0 Å². The number of carboxylic acids is 1. The van der Waals surface area contributed by atoms with Gasteiger partial charge in [0, 0.05) is 4.90 Å². The highest BCUT2D eigenvalue weighted by atomic mass is 32.2. The lowest BCUT2D eigenvalue weighted by atomic mass is 10.4. The molecule has 5 heteroatoms. The van der Waals surface area contributed by atoms with E-state index in [1.54, 1.807) is 0 Å². The van der Waals surface area contributed by atoms with Gasteiger partial charge in [0.25, 0.3) is 0 Å². The van der Waals surface area contributed by atoms with Crippen LogP contribution in [-0.4, -0.2) is 24.2 Å². The van der Waals surface area contributed by atoms with Gasteiger partial charge in [0.1, 0.15) is 0 Å². The van der Waals surface area contributed by atoms with Crippen LogP contribution in [0, 0.1) is 0 Å². The second-order valence-electron chi connectivity index (χ2n) is 2.75. The summed E-state index contributed by atoms with van der Waals surface area (Å²) in [6.07, 6.45) is 0. The van der Waals surface area contributed by atoms with Crippen molar-refractivity contribution in [2.45, 2.75) is 4.90 Å². The molecule has 0 aromatic heterocycles. The van der Waals surface area contributed by atoms with Crippen LogP contribution >= 0.6 is 11.8 Å². The minimum absolute atomic E-state index is 0.206. The normalized spacial score (nSPS) is 9.60. The number of hydrogen-bond donors (Lipinski definition) is 1. The first-order chi connectivity index (χ1) is 7.18. The van der Waals surface area contributed by atoms with Gasteiger partial charge in [0.05, 0.1) is 18.3 Å². The molecule has 0 radical (unpaired) electrons. The van der Waals surface area contributed by atoms with Gasteiger partial charge in [-0.05, 0) is 12.1 Å².